The van der Waals surface area contributed by atoms with Crippen LogP contribution < -0.4 is 0 Å². The molecular weight excluding hydrogens is 186 g/mol. The molecule has 2 fully saturated rings. The smallest absolute Gasteiger partial charge is 0.0690 e. The van der Waals surface area contributed by atoms with Gasteiger partial charge in [0.15, 0.2) is 0 Å². The van der Waals surface area contributed by atoms with Crippen molar-refractivity contribution in [3.63, 3.8) is 0 Å². The van der Waals surface area contributed by atoms with Crippen molar-refractivity contribution in [1.82, 2.24) is 4.90 Å². The van der Waals surface area contributed by atoms with Gasteiger partial charge in [-0.3, -0.25) is 4.90 Å². The Morgan fingerprint density at radius 1 is 1.20 bits per heavy atom. The minimum Gasteiger partial charge on any atom is -0.392 e. The van der Waals surface area contributed by atoms with E-state index in [1.54, 1.807) is 0 Å². The summed E-state index contributed by atoms with van der Waals surface area (Å²) in [5.74, 6) is 1.34. The lowest BCUT2D eigenvalue weighted by molar-refractivity contribution is 0.0603. The Bertz CT molecular complexity index is 205. The van der Waals surface area contributed by atoms with Gasteiger partial charge in [0.2, 0.25) is 0 Å². The minimum atomic E-state index is -0.134. The molecule has 2 nitrogen and oxygen atoms in total. The maximum Gasteiger partial charge on any atom is 0.0690 e. The number of aliphatic hydroxyl groups excluding tert-OH is 1. The van der Waals surface area contributed by atoms with Crippen LogP contribution in [0.4, 0.5) is 0 Å². The van der Waals surface area contributed by atoms with Crippen LogP contribution in [-0.4, -0.2) is 35.2 Å². The molecule has 1 aliphatic carbocycles. The molecule has 2 aliphatic rings. The van der Waals surface area contributed by atoms with E-state index in [0.717, 1.165) is 18.5 Å². The third kappa shape index (κ3) is 2.54. The number of nitrogens with zero attached hydrogens (tertiary/aromatic N) is 1. The van der Waals surface area contributed by atoms with Gasteiger partial charge in [-0.2, -0.15) is 0 Å². The first-order chi connectivity index (χ1) is 7.18. The summed E-state index contributed by atoms with van der Waals surface area (Å²) in [6, 6.07) is 0.798. The summed E-state index contributed by atoms with van der Waals surface area (Å²) in [7, 11) is 0. The van der Waals surface area contributed by atoms with E-state index < -0.39 is 0 Å². The molecular formula is C13H25NO. The predicted molar refractivity (Wildman–Crippen MR) is 62.8 cm³/mol. The molecule has 1 saturated heterocycles. The normalized spacial score (nSPS) is 34.4. The van der Waals surface area contributed by atoms with E-state index >= 15 is 0 Å². The Hall–Kier alpha value is -0.0800. The van der Waals surface area contributed by atoms with Crippen LogP contribution in [0.2, 0.25) is 0 Å². The van der Waals surface area contributed by atoms with Gasteiger partial charge in [-0.1, -0.05) is 26.7 Å². The van der Waals surface area contributed by atoms with E-state index in [4.69, 9.17) is 0 Å². The molecule has 1 saturated carbocycles. The van der Waals surface area contributed by atoms with Crippen LogP contribution in [0.15, 0.2) is 0 Å². The zero-order chi connectivity index (χ0) is 10.8. The Balaban J connectivity index is 1.87. The van der Waals surface area contributed by atoms with E-state index in [0.29, 0.717) is 5.92 Å². The molecule has 0 aromatic rings. The minimum absolute atomic E-state index is 0.134. The number of β-amino-alcohol motifs (C(OH)–C–C–N with tert-alkyl or cyclic N) is 1. The van der Waals surface area contributed by atoms with Gasteiger partial charge < -0.3 is 5.11 Å². The highest BCUT2D eigenvalue weighted by molar-refractivity contribution is 4.90. The van der Waals surface area contributed by atoms with Crippen LogP contribution in [0, 0.1) is 11.8 Å². The van der Waals surface area contributed by atoms with Crippen LogP contribution in [0.1, 0.15) is 46.0 Å². The number of fused-ring (bicyclic) bond motifs is 1. The maximum atomic E-state index is 9.94. The molecule has 0 bridgehead atoms. The van der Waals surface area contributed by atoms with Crippen LogP contribution in [0.3, 0.4) is 0 Å². The lowest BCUT2D eigenvalue weighted by Crippen LogP contribution is -2.41. The van der Waals surface area contributed by atoms with Crippen LogP contribution in [0.25, 0.3) is 0 Å². The van der Waals surface area contributed by atoms with Gasteiger partial charge in [0.05, 0.1) is 6.10 Å². The van der Waals surface area contributed by atoms with Crippen molar-refractivity contribution in [3.8, 4) is 0 Å². The lowest BCUT2D eigenvalue weighted by atomic mass is 9.85. The largest absolute Gasteiger partial charge is 0.392 e. The van der Waals surface area contributed by atoms with Crippen molar-refractivity contribution in [2.24, 2.45) is 11.8 Å². The zero-order valence-electron chi connectivity index (χ0n) is 10.2. The van der Waals surface area contributed by atoms with Crippen molar-refractivity contribution in [1.29, 1.82) is 0 Å². The Labute approximate surface area is 93.7 Å². The van der Waals surface area contributed by atoms with Gasteiger partial charge in [0.1, 0.15) is 0 Å². The van der Waals surface area contributed by atoms with Gasteiger partial charge in [0.25, 0.3) is 0 Å². The molecule has 2 rings (SSSR count). The number of hydrogen-bond donors (Lipinski definition) is 1. The first kappa shape index (κ1) is 11.4. The first-order valence-electron chi connectivity index (χ1n) is 6.60. The fourth-order valence-electron chi connectivity index (χ4n) is 3.18. The maximum absolute atomic E-state index is 9.94. The quantitative estimate of drug-likeness (QED) is 0.774. The number of rotatable bonds is 3. The summed E-state index contributed by atoms with van der Waals surface area (Å²) in [6.45, 7) is 6.34. The summed E-state index contributed by atoms with van der Waals surface area (Å²) >= 11 is 0. The molecule has 3 atom stereocenters. The van der Waals surface area contributed by atoms with Crippen LogP contribution in [0.5, 0.6) is 0 Å². The van der Waals surface area contributed by atoms with E-state index in [-0.39, 0.29) is 6.10 Å². The average Bonchev–Trinajstić information content (AvgIpc) is 2.62. The van der Waals surface area contributed by atoms with Crippen LogP contribution in [-0.2, 0) is 0 Å². The molecule has 3 unspecified atom stereocenters. The van der Waals surface area contributed by atoms with Gasteiger partial charge >= 0.3 is 0 Å². The van der Waals surface area contributed by atoms with Crippen molar-refractivity contribution >= 4 is 0 Å². The number of hydrogen-bond acceptors (Lipinski definition) is 2. The lowest BCUT2D eigenvalue weighted by Gasteiger charge is -2.33. The van der Waals surface area contributed by atoms with Gasteiger partial charge in [-0.05, 0) is 37.6 Å². The highest BCUT2D eigenvalue weighted by Crippen LogP contribution is 2.36. The number of likely N-dealkylation sites (tertiary alicyclic amines) is 1. The molecule has 0 aromatic carbocycles. The third-order valence-corrected chi connectivity index (χ3v) is 4.32. The van der Waals surface area contributed by atoms with Crippen molar-refractivity contribution in [2.75, 3.05) is 13.1 Å². The van der Waals surface area contributed by atoms with Gasteiger partial charge in [-0.15, -0.1) is 0 Å². The molecule has 0 spiro atoms. The number of aliphatic hydroxyl groups is 1. The molecule has 1 N–H and O–H groups in total. The fraction of sp³-hybridized carbons (Fsp3) is 1.00. The molecule has 0 aromatic heterocycles. The van der Waals surface area contributed by atoms with Crippen LogP contribution >= 0.6 is 0 Å². The second-order valence-corrected chi connectivity index (χ2v) is 5.71. The molecule has 1 heterocycles. The van der Waals surface area contributed by atoms with Gasteiger partial charge in [0, 0.05) is 12.6 Å². The predicted octanol–water partition coefficient (Wildman–Crippen LogP) is 2.27. The molecule has 0 amide bonds. The second kappa shape index (κ2) is 4.84. The van der Waals surface area contributed by atoms with E-state index in [9.17, 15) is 5.11 Å². The molecule has 2 heteroatoms. The molecule has 88 valence electrons. The van der Waals surface area contributed by atoms with Crippen molar-refractivity contribution in [2.45, 2.75) is 58.1 Å². The summed E-state index contributed by atoms with van der Waals surface area (Å²) in [6.07, 6.45) is 6.87. The first-order valence-corrected chi connectivity index (χ1v) is 6.60. The van der Waals surface area contributed by atoms with Crippen molar-refractivity contribution < 1.29 is 5.11 Å². The summed E-state index contributed by atoms with van der Waals surface area (Å²) < 4.78 is 0. The van der Waals surface area contributed by atoms with Gasteiger partial charge in [-0.25, -0.2) is 0 Å². The summed E-state index contributed by atoms with van der Waals surface area (Å²) in [5.41, 5.74) is 0. The molecule has 0 radical (unpaired) electrons. The summed E-state index contributed by atoms with van der Waals surface area (Å²) in [4.78, 5) is 2.55. The molecule has 15 heavy (non-hydrogen) atoms. The second-order valence-electron chi connectivity index (χ2n) is 5.71. The highest BCUT2D eigenvalue weighted by atomic mass is 16.3. The average molecular weight is 211 g/mol. The van der Waals surface area contributed by atoms with Crippen molar-refractivity contribution in [3.05, 3.63) is 0 Å². The van der Waals surface area contributed by atoms with E-state index in [1.807, 2.05) is 0 Å². The van der Waals surface area contributed by atoms with E-state index in [1.165, 1.54) is 38.6 Å². The standard InChI is InChI=1S/C13H25NO/c1-10(2)13(15)9-14-8-7-11-5-3-4-6-12(11)14/h10-13,15H,3-9H2,1-2H3. The third-order valence-electron chi connectivity index (χ3n) is 4.32. The Morgan fingerprint density at radius 2 is 1.93 bits per heavy atom. The van der Waals surface area contributed by atoms with E-state index in [2.05, 4.69) is 18.7 Å². The Kier molecular flexibility index (Phi) is 3.68. The summed E-state index contributed by atoms with van der Waals surface area (Å²) in [5, 5.41) is 9.94. The monoisotopic (exact) mass is 211 g/mol. The topological polar surface area (TPSA) is 23.5 Å². The molecule has 1 aliphatic heterocycles. The fourth-order valence-corrected chi connectivity index (χ4v) is 3.18. The zero-order valence-corrected chi connectivity index (χ0v) is 10.2. The highest BCUT2D eigenvalue weighted by Gasteiger charge is 2.36. The SMILES string of the molecule is CC(C)C(O)CN1CCC2CCCCC21. The Morgan fingerprint density at radius 3 is 2.67 bits per heavy atom.